The molecule has 108 valence electrons. The molecule has 0 saturated carbocycles. The summed E-state index contributed by atoms with van der Waals surface area (Å²) >= 11 is 1.78. The van der Waals surface area contributed by atoms with Crippen LogP contribution in [0, 0.1) is 0 Å². The van der Waals surface area contributed by atoms with Gasteiger partial charge in [0.05, 0.1) is 17.8 Å². The van der Waals surface area contributed by atoms with Crippen molar-refractivity contribution >= 4 is 28.3 Å². The second-order valence-electron chi connectivity index (χ2n) is 4.80. The number of aromatic nitrogens is 1. The number of para-hydroxylation sites is 1. The van der Waals surface area contributed by atoms with Crippen LogP contribution >= 0.6 is 28.3 Å². The molecule has 1 aliphatic heterocycles. The number of rotatable bonds is 3. The van der Waals surface area contributed by atoms with Gasteiger partial charge in [-0.25, -0.2) is 4.98 Å². The van der Waals surface area contributed by atoms with Crippen LogP contribution in [-0.2, 0) is 0 Å². The Labute approximate surface area is 134 Å². The molecule has 1 fully saturated rings. The third-order valence-corrected chi connectivity index (χ3v) is 4.60. The van der Waals surface area contributed by atoms with Crippen LogP contribution in [0.1, 0.15) is 23.8 Å². The second-order valence-corrected chi connectivity index (χ2v) is 5.69. The first-order valence-corrected chi connectivity index (χ1v) is 7.56. The van der Waals surface area contributed by atoms with Crippen LogP contribution in [0.15, 0.2) is 29.6 Å². The van der Waals surface area contributed by atoms with Crippen molar-refractivity contribution in [1.82, 2.24) is 10.3 Å². The van der Waals surface area contributed by atoms with Crippen molar-refractivity contribution in [3.05, 3.63) is 34.7 Å². The number of piperidine rings is 1. The number of nitrogens with zero attached hydrogens (tertiary/aromatic N) is 1. The number of hydrogen-bond acceptors (Lipinski definition) is 4. The summed E-state index contributed by atoms with van der Waals surface area (Å²) in [5.41, 5.74) is 2.12. The van der Waals surface area contributed by atoms with E-state index in [1.165, 1.54) is 17.8 Å². The lowest BCUT2D eigenvalue weighted by Crippen LogP contribution is -2.26. The molecule has 0 radical (unpaired) electrons. The molecule has 20 heavy (non-hydrogen) atoms. The maximum atomic E-state index is 5.41. The molecule has 5 heteroatoms. The normalized spacial score (nSPS) is 15.7. The van der Waals surface area contributed by atoms with Gasteiger partial charge >= 0.3 is 0 Å². The van der Waals surface area contributed by atoms with Gasteiger partial charge in [0.25, 0.3) is 0 Å². The summed E-state index contributed by atoms with van der Waals surface area (Å²) in [7, 11) is 1.71. The molecule has 0 amide bonds. The molecule has 0 spiro atoms. The van der Waals surface area contributed by atoms with Gasteiger partial charge in [-0.1, -0.05) is 12.1 Å². The van der Waals surface area contributed by atoms with Crippen LogP contribution in [0.4, 0.5) is 0 Å². The molecule has 1 aromatic heterocycles. The quantitative estimate of drug-likeness (QED) is 0.908. The molecule has 0 bridgehead atoms. The largest absolute Gasteiger partial charge is 0.496 e. The number of nitrogens with one attached hydrogen (secondary N) is 1. The average molecular weight is 355 g/mol. The minimum Gasteiger partial charge on any atom is -0.496 e. The van der Waals surface area contributed by atoms with E-state index in [1.807, 2.05) is 18.2 Å². The van der Waals surface area contributed by atoms with E-state index in [-0.39, 0.29) is 17.0 Å². The summed E-state index contributed by atoms with van der Waals surface area (Å²) in [4.78, 5) is 4.82. The first kappa shape index (κ1) is 15.5. The van der Waals surface area contributed by atoms with Gasteiger partial charge in [-0.05, 0) is 38.1 Å². The van der Waals surface area contributed by atoms with Crippen molar-refractivity contribution in [3.63, 3.8) is 0 Å². The molecule has 1 aliphatic rings. The van der Waals surface area contributed by atoms with E-state index in [1.54, 1.807) is 18.4 Å². The van der Waals surface area contributed by atoms with E-state index in [0.717, 1.165) is 30.1 Å². The standard InChI is InChI=1S/C15H18N2OS.BrH/c1-18-14-5-3-2-4-12(14)13-10-19-15(17-13)11-6-8-16-9-7-11;/h2-5,10-11,16H,6-9H2,1H3;1H. The van der Waals surface area contributed by atoms with Crippen LogP contribution in [0.3, 0.4) is 0 Å². The van der Waals surface area contributed by atoms with Gasteiger partial charge in [0.2, 0.25) is 0 Å². The number of hydrogen-bond donors (Lipinski definition) is 1. The third-order valence-electron chi connectivity index (χ3n) is 3.59. The molecule has 1 aromatic carbocycles. The minimum absolute atomic E-state index is 0. The molecule has 3 rings (SSSR count). The monoisotopic (exact) mass is 354 g/mol. The second kappa shape index (κ2) is 7.20. The van der Waals surface area contributed by atoms with Crippen molar-refractivity contribution in [2.45, 2.75) is 18.8 Å². The Kier molecular flexibility index (Phi) is 5.57. The average Bonchev–Trinajstić information content (AvgIpc) is 2.98. The van der Waals surface area contributed by atoms with Gasteiger partial charge in [0.1, 0.15) is 5.75 Å². The highest BCUT2D eigenvalue weighted by Gasteiger charge is 2.19. The van der Waals surface area contributed by atoms with E-state index in [0.29, 0.717) is 5.92 Å². The molecular weight excluding hydrogens is 336 g/mol. The Balaban J connectivity index is 0.00000147. The lowest BCUT2D eigenvalue weighted by molar-refractivity contribution is 0.416. The van der Waals surface area contributed by atoms with E-state index in [2.05, 4.69) is 16.8 Å². The Morgan fingerprint density at radius 3 is 2.75 bits per heavy atom. The van der Waals surface area contributed by atoms with Gasteiger partial charge in [-0.15, -0.1) is 28.3 Å². The fourth-order valence-electron chi connectivity index (χ4n) is 2.52. The first-order chi connectivity index (χ1) is 9.38. The number of halogens is 1. The Bertz CT molecular complexity index is 552. The van der Waals surface area contributed by atoms with Crippen LogP contribution < -0.4 is 10.1 Å². The molecule has 1 N–H and O–H groups in total. The van der Waals surface area contributed by atoms with E-state index in [4.69, 9.17) is 9.72 Å². The fourth-order valence-corrected chi connectivity index (χ4v) is 3.52. The Hall–Kier alpha value is -0.910. The molecule has 3 nitrogen and oxygen atoms in total. The van der Waals surface area contributed by atoms with E-state index >= 15 is 0 Å². The van der Waals surface area contributed by atoms with Crippen molar-refractivity contribution in [2.24, 2.45) is 0 Å². The smallest absolute Gasteiger partial charge is 0.128 e. The summed E-state index contributed by atoms with van der Waals surface area (Å²) in [6, 6.07) is 8.07. The Morgan fingerprint density at radius 2 is 2.00 bits per heavy atom. The zero-order valence-corrected chi connectivity index (χ0v) is 14.0. The van der Waals surface area contributed by atoms with Crippen molar-refractivity contribution < 1.29 is 4.74 Å². The van der Waals surface area contributed by atoms with E-state index < -0.39 is 0 Å². The van der Waals surface area contributed by atoms with Crippen molar-refractivity contribution in [1.29, 1.82) is 0 Å². The molecule has 0 aliphatic carbocycles. The lowest BCUT2D eigenvalue weighted by Gasteiger charge is -2.20. The fraction of sp³-hybridized carbons (Fsp3) is 0.400. The predicted molar refractivity (Wildman–Crippen MR) is 89.3 cm³/mol. The number of ether oxygens (including phenoxy) is 1. The van der Waals surface area contributed by atoms with Gasteiger partial charge in [0, 0.05) is 16.9 Å². The first-order valence-electron chi connectivity index (χ1n) is 6.68. The highest BCUT2D eigenvalue weighted by atomic mass is 79.9. The molecular formula is C15H19BrN2OS. The molecule has 2 aromatic rings. The number of thiazole rings is 1. The molecule has 0 atom stereocenters. The minimum atomic E-state index is 0. The van der Waals surface area contributed by atoms with Gasteiger partial charge in [-0.2, -0.15) is 0 Å². The Morgan fingerprint density at radius 1 is 1.25 bits per heavy atom. The predicted octanol–water partition coefficient (Wildman–Crippen LogP) is 3.86. The number of methoxy groups -OCH3 is 1. The highest BCUT2D eigenvalue weighted by molar-refractivity contribution is 8.93. The van der Waals surface area contributed by atoms with E-state index in [9.17, 15) is 0 Å². The zero-order chi connectivity index (χ0) is 13.1. The molecule has 2 heterocycles. The van der Waals surface area contributed by atoms with Crippen LogP contribution in [-0.4, -0.2) is 25.2 Å². The lowest BCUT2D eigenvalue weighted by atomic mass is 9.99. The van der Waals surface area contributed by atoms with Crippen molar-refractivity contribution in [3.8, 4) is 17.0 Å². The molecule has 0 unspecified atom stereocenters. The summed E-state index contributed by atoms with van der Waals surface area (Å²) in [5.74, 6) is 1.51. The third kappa shape index (κ3) is 3.22. The molecule has 1 saturated heterocycles. The SMILES string of the molecule is Br.COc1ccccc1-c1csc(C2CCNCC2)n1. The number of benzene rings is 1. The van der Waals surface area contributed by atoms with Crippen LogP contribution in [0.25, 0.3) is 11.3 Å². The van der Waals surface area contributed by atoms with Gasteiger partial charge in [0.15, 0.2) is 0 Å². The zero-order valence-electron chi connectivity index (χ0n) is 11.5. The summed E-state index contributed by atoms with van der Waals surface area (Å²) in [6.45, 7) is 2.21. The van der Waals surface area contributed by atoms with Gasteiger partial charge in [-0.3, -0.25) is 0 Å². The maximum Gasteiger partial charge on any atom is 0.128 e. The van der Waals surface area contributed by atoms with Crippen LogP contribution in [0.2, 0.25) is 0 Å². The van der Waals surface area contributed by atoms with Crippen molar-refractivity contribution in [2.75, 3.05) is 20.2 Å². The van der Waals surface area contributed by atoms with Gasteiger partial charge < -0.3 is 10.1 Å². The summed E-state index contributed by atoms with van der Waals surface area (Å²) in [6.07, 6.45) is 2.39. The topological polar surface area (TPSA) is 34.1 Å². The highest BCUT2D eigenvalue weighted by Crippen LogP contribution is 2.34. The summed E-state index contributed by atoms with van der Waals surface area (Å²) < 4.78 is 5.41. The maximum absolute atomic E-state index is 5.41. The summed E-state index contributed by atoms with van der Waals surface area (Å²) in [5, 5.41) is 6.81. The van der Waals surface area contributed by atoms with Crippen LogP contribution in [0.5, 0.6) is 5.75 Å².